The second-order valence-electron chi connectivity index (χ2n) is 6.17. The Morgan fingerprint density at radius 2 is 1.96 bits per heavy atom. The van der Waals surface area contributed by atoms with E-state index in [-0.39, 0.29) is 5.91 Å². The van der Waals surface area contributed by atoms with Gasteiger partial charge in [0.15, 0.2) is 11.5 Å². The number of carbonyl (C=O) groups excluding carboxylic acids is 1. The highest BCUT2D eigenvalue weighted by atomic mass is 16.5. The van der Waals surface area contributed by atoms with E-state index in [1.165, 1.54) is 5.56 Å². The number of rotatable bonds is 7. The molecule has 2 aromatic heterocycles. The number of benzene rings is 1. The summed E-state index contributed by atoms with van der Waals surface area (Å²) in [6.45, 7) is 2.59. The van der Waals surface area contributed by atoms with Crippen LogP contribution in [-0.4, -0.2) is 36.1 Å². The van der Waals surface area contributed by atoms with E-state index in [0.717, 1.165) is 16.9 Å². The number of amides is 1. The molecule has 0 bridgehead atoms. The number of aromatic nitrogens is 2. The Kier molecular flexibility index (Phi) is 5.41. The highest BCUT2D eigenvalue weighted by Crippen LogP contribution is 2.27. The lowest BCUT2D eigenvalue weighted by atomic mass is 10.1. The predicted molar refractivity (Wildman–Crippen MR) is 99.9 cm³/mol. The zero-order chi connectivity index (χ0) is 18.5. The van der Waals surface area contributed by atoms with Crippen LogP contribution in [0.25, 0.3) is 5.65 Å². The number of nitrogens with zero attached hydrogens (tertiary/aromatic N) is 2. The Labute approximate surface area is 152 Å². The molecule has 1 aromatic carbocycles. The lowest BCUT2D eigenvalue weighted by molar-refractivity contribution is -0.120. The summed E-state index contributed by atoms with van der Waals surface area (Å²) in [7, 11) is 3.17. The quantitative estimate of drug-likeness (QED) is 0.709. The van der Waals surface area contributed by atoms with Crippen LogP contribution in [-0.2, 0) is 17.6 Å². The summed E-state index contributed by atoms with van der Waals surface area (Å²) < 4.78 is 12.5. The first-order chi connectivity index (χ1) is 12.6. The topological polar surface area (TPSA) is 64.9 Å². The summed E-state index contributed by atoms with van der Waals surface area (Å²) >= 11 is 0. The average molecular weight is 353 g/mol. The molecule has 3 rings (SSSR count). The molecule has 136 valence electrons. The van der Waals surface area contributed by atoms with Gasteiger partial charge in [-0.3, -0.25) is 4.79 Å². The van der Waals surface area contributed by atoms with Crippen molar-refractivity contribution >= 4 is 11.6 Å². The van der Waals surface area contributed by atoms with E-state index >= 15 is 0 Å². The third-order valence-corrected chi connectivity index (χ3v) is 4.18. The van der Waals surface area contributed by atoms with Gasteiger partial charge in [-0.05, 0) is 42.3 Å². The van der Waals surface area contributed by atoms with Crippen LogP contribution in [0.5, 0.6) is 11.5 Å². The van der Waals surface area contributed by atoms with E-state index in [1.54, 1.807) is 20.3 Å². The summed E-state index contributed by atoms with van der Waals surface area (Å²) in [5, 5.41) is 2.94. The number of hydrogen-bond acceptors (Lipinski definition) is 4. The van der Waals surface area contributed by atoms with Crippen LogP contribution in [0, 0.1) is 6.92 Å². The number of hydrogen-bond donors (Lipinski definition) is 1. The van der Waals surface area contributed by atoms with E-state index in [0.29, 0.717) is 30.9 Å². The molecule has 0 aliphatic carbocycles. The molecule has 0 spiro atoms. The smallest absolute Gasteiger partial charge is 0.224 e. The number of nitrogens with one attached hydrogen (secondary N) is 1. The largest absolute Gasteiger partial charge is 0.493 e. The monoisotopic (exact) mass is 353 g/mol. The fourth-order valence-corrected chi connectivity index (χ4v) is 2.83. The van der Waals surface area contributed by atoms with Gasteiger partial charge in [-0.1, -0.05) is 6.07 Å². The van der Waals surface area contributed by atoms with Crippen molar-refractivity contribution in [1.29, 1.82) is 0 Å². The maximum Gasteiger partial charge on any atom is 0.224 e. The fourth-order valence-electron chi connectivity index (χ4n) is 2.83. The van der Waals surface area contributed by atoms with Crippen LogP contribution in [0.15, 0.2) is 42.7 Å². The van der Waals surface area contributed by atoms with Crippen LogP contribution in [0.4, 0.5) is 0 Å². The average Bonchev–Trinajstić information content (AvgIpc) is 3.03. The van der Waals surface area contributed by atoms with Crippen LogP contribution in [0.1, 0.15) is 16.8 Å². The molecule has 1 N–H and O–H groups in total. The lowest BCUT2D eigenvalue weighted by Crippen LogP contribution is -2.27. The van der Waals surface area contributed by atoms with E-state index in [4.69, 9.17) is 9.47 Å². The Hall–Kier alpha value is -3.02. The molecule has 0 saturated heterocycles. The van der Waals surface area contributed by atoms with Gasteiger partial charge in [-0.25, -0.2) is 4.98 Å². The SMILES string of the molecule is COc1ccc(CC(=O)NCCc2cn3ccc(C)cc3n2)cc1OC. The van der Waals surface area contributed by atoms with Gasteiger partial charge in [0.05, 0.1) is 26.3 Å². The molecule has 1 amide bonds. The van der Waals surface area contributed by atoms with E-state index < -0.39 is 0 Å². The first kappa shape index (κ1) is 17.8. The number of carbonyl (C=O) groups is 1. The minimum absolute atomic E-state index is 0.0307. The van der Waals surface area contributed by atoms with Crippen LogP contribution >= 0.6 is 0 Å². The van der Waals surface area contributed by atoms with Crippen molar-refractivity contribution < 1.29 is 14.3 Å². The van der Waals surface area contributed by atoms with Crippen molar-refractivity contribution in [3.63, 3.8) is 0 Å². The Morgan fingerprint density at radius 3 is 2.73 bits per heavy atom. The maximum absolute atomic E-state index is 12.2. The summed E-state index contributed by atoms with van der Waals surface area (Å²) in [6, 6.07) is 9.58. The summed E-state index contributed by atoms with van der Waals surface area (Å²) in [5.41, 5.74) is 3.94. The molecule has 3 aromatic rings. The number of pyridine rings is 1. The first-order valence-electron chi connectivity index (χ1n) is 8.51. The number of methoxy groups -OCH3 is 2. The standard InChI is InChI=1S/C20H23N3O3/c1-14-7-9-23-13-16(22-19(23)10-14)6-8-21-20(24)12-15-4-5-17(25-2)18(11-15)26-3/h4-5,7,9-11,13H,6,8,12H2,1-3H3,(H,21,24). The van der Waals surface area contributed by atoms with Crippen molar-refractivity contribution in [2.45, 2.75) is 19.8 Å². The molecule has 6 nitrogen and oxygen atoms in total. The number of imidazole rings is 1. The number of aryl methyl sites for hydroxylation is 1. The van der Waals surface area contributed by atoms with Crippen LogP contribution < -0.4 is 14.8 Å². The summed E-state index contributed by atoms with van der Waals surface area (Å²) in [4.78, 5) is 16.7. The maximum atomic E-state index is 12.2. The minimum Gasteiger partial charge on any atom is -0.493 e. The second-order valence-corrected chi connectivity index (χ2v) is 6.17. The molecule has 0 aliphatic rings. The van der Waals surface area contributed by atoms with Gasteiger partial charge in [0, 0.05) is 25.4 Å². The van der Waals surface area contributed by atoms with E-state index in [2.05, 4.69) is 10.3 Å². The van der Waals surface area contributed by atoms with Crippen molar-refractivity contribution in [2.75, 3.05) is 20.8 Å². The molecule has 0 fully saturated rings. The lowest BCUT2D eigenvalue weighted by Gasteiger charge is -2.09. The predicted octanol–water partition coefficient (Wildman–Crippen LogP) is 2.56. The minimum atomic E-state index is -0.0307. The van der Waals surface area contributed by atoms with Crippen molar-refractivity contribution in [3.8, 4) is 11.5 Å². The zero-order valence-electron chi connectivity index (χ0n) is 15.3. The molecule has 0 unspecified atom stereocenters. The Morgan fingerprint density at radius 1 is 1.15 bits per heavy atom. The van der Waals surface area contributed by atoms with Gasteiger partial charge < -0.3 is 19.2 Å². The van der Waals surface area contributed by atoms with Crippen LogP contribution in [0.3, 0.4) is 0 Å². The van der Waals surface area contributed by atoms with Gasteiger partial charge in [0.25, 0.3) is 0 Å². The molecule has 2 heterocycles. The fraction of sp³-hybridized carbons (Fsp3) is 0.300. The molecular weight excluding hydrogens is 330 g/mol. The molecular formula is C20H23N3O3. The first-order valence-corrected chi connectivity index (χ1v) is 8.51. The molecule has 0 atom stereocenters. The van der Waals surface area contributed by atoms with Gasteiger partial charge in [-0.2, -0.15) is 0 Å². The molecule has 6 heteroatoms. The third-order valence-electron chi connectivity index (χ3n) is 4.18. The van der Waals surface area contributed by atoms with Crippen molar-refractivity contribution in [3.05, 3.63) is 59.5 Å². The second kappa shape index (κ2) is 7.91. The van der Waals surface area contributed by atoms with Crippen molar-refractivity contribution in [2.24, 2.45) is 0 Å². The van der Waals surface area contributed by atoms with Crippen molar-refractivity contribution in [1.82, 2.24) is 14.7 Å². The molecule has 0 saturated carbocycles. The van der Waals surface area contributed by atoms with Crippen LogP contribution in [0.2, 0.25) is 0 Å². The Bertz CT molecular complexity index is 918. The normalized spacial score (nSPS) is 10.7. The van der Waals surface area contributed by atoms with Gasteiger partial charge in [0.2, 0.25) is 5.91 Å². The summed E-state index contributed by atoms with van der Waals surface area (Å²) in [5.74, 6) is 1.24. The van der Waals surface area contributed by atoms with E-state index in [1.807, 2.05) is 48.0 Å². The molecule has 0 aliphatic heterocycles. The molecule has 26 heavy (non-hydrogen) atoms. The molecule has 0 radical (unpaired) electrons. The zero-order valence-corrected chi connectivity index (χ0v) is 15.3. The number of fused-ring (bicyclic) bond motifs is 1. The van der Waals surface area contributed by atoms with Gasteiger partial charge in [0.1, 0.15) is 5.65 Å². The summed E-state index contributed by atoms with van der Waals surface area (Å²) in [6.07, 6.45) is 4.98. The van der Waals surface area contributed by atoms with Gasteiger partial charge in [-0.15, -0.1) is 0 Å². The highest BCUT2D eigenvalue weighted by Gasteiger charge is 2.09. The highest BCUT2D eigenvalue weighted by molar-refractivity contribution is 5.78. The third kappa shape index (κ3) is 4.14. The van der Waals surface area contributed by atoms with E-state index in [9.17, 15) is 4.79 Å². The Balaban J connectivity index is 1.53. The van der Waals surface area contributed by atoms with Gasteiger partial charge >= 0.3 is 0 Å². The number of ether oxygens (including phenoxy) is 2.